The second-order valence-electron chi connectivity index (χ2n) is 11.6. The summed E-state index contributed by atoms with van der Waals surface area (Å²) >= 11 is 0. The smallest absolute Gasteiger partial charge is 0.163 e. The van der Waals surface area contributed by atoms with Crippen molar-refractivity contribution in [3.05, 3.63) is 12.2 Å². The number of Topliss-reactive ketones (excluding diaryl/α,β-unsaturated/α-hetero) is 1. The fraction of sp³-hybridized carbons (Fsp3) is 0.875. The van der Waals surface area contributed by atoms with E-state index in [1.807, 2.05) is 20.8 Å². The zero-order chi connectivity index (χ0) is 20.3. The molecule has 0 amide bonds. The summed E-state index contributed by atoms with van der Waals surface area (Å²) in [6, 6.07) is 0. The van der Waals surface area contributed by atoms with Crippen LogP contribution in [-0.4, -0.2) is 34.5 Å². The molecule has 1 N–H and O–H groups in total. The van der Waals surface area contributed by atoms with Crippen LogP contribution in [0.3, 0.4) is 0 Å². The molecule has 4 heteroatoms. The second-order valence-corrected chi connectivity index (χ2v) is 11.6. The van der Waals surface area contributed by atoms with Crippen LogP contribution in [0.4, 0.5) is 0 Å². The lowest BCUT2D eigenvalue weighted by Gasteiger charge is -2.63. The van der Waals surface area contributed by atoms with Crippen LogP contribution in [0.25, 0.3) is 0 Å². The highest BCUT2D eigenvalue weighted by atomic mass is 16.8. The van der Waals surface area contributed by atoms with Crippen molar-refractivity contribution in [1.29, 1.82) is 0 Å². The van der Waals surface area contributed by atoms with Crippen molar-refractivity contribution in [3.63, 3.8) is 0 Å². The van der Waals surface area contributed by atoms with Crippen LogP contribution in [0.1, 0.15) is 73.1 Å². The van der Waals surface area contributed by atoms with E-state index in [-0.39, 0.29) is 34.7 Å². The molecule has 0 aromatic rings. The quantitative estimate of drug-likeness (QED) is 0.630. The fourth-order valence-electron chi connectivity index (χ4n) is 8.26. The Balaban J connectivity index is 1.62. The van der Waals surface area contributed by atoms with E-state index in [4.69, 9.17) is 9.47 Å². The van der Waals surface area contributed by atoms with E-state index in [0.717, 1.165) is 37.7 Å². The summed E-state index contributed by atoms with van der Waals surface area (Å²) in [5.41, 5.74) is 0.133. The van der Waals surface area contributed by atoms with Crippen LogP contribution in [0.2, 0.25) is 0 Å². The van der Waals surface area contributed by atoms with Crippen molar-refractivity contribution in [3.8, 4) is 0 Å². The van der Waals surface area contributed by atoms with Crippen LogP contribution >= 0.6 is 0 Å². The summed E-state index contributed by atoms with van der Waals surface area (Å²) in [5, 5.41) is 11.2. The first-order valence-corrected chi connectivity index (χ1v) is 11.2. The van der Waals surface area contributed by atoms with E-state index in [9.17, 15) is 9.90 Å². The Morgan fingerprint density at radius 1 is 0.964 bits per heavy atom. The summed E-state index contributed by atoms with van der Waals surface area (Å²) in [4.78, 5) is 12.6. The predicted molar refractivity (Wildman–Crippen MR) is 106 cm³/mol. The third-order valence-corrected chi connectivity index (χ3v) is 9.92. The Bertz CT molecular complexity index is 739. The molecule has 1 heterocycles. The van der Waals surface area contributed by atoms with Crippen LogP contribution < -0.4 is 0 Å². The van der Waals surface area contributed by atoms with E-state index >= 15 is 0 Å². The lowest BCUT2D eigenvalue weighted by Crippen LogP contribution is -2.64. The topological polar surface area (TPSA) is 55.8 Å². The maximum atomic E-state index is 12.6. The monoisotopic (exact) mass is 388 g/mol. The van der Waals surface area contributed by atoms with Crippen molar-refractivity contribution < 1.29 is 19.4 Å². The highest BCUT2D eigenvalue weighted by Gasteiger charge is 2.70. The first-order valence-electron chi connectivity index (χ1n) is 11.2. The molecule has 28 heavy (non-hydrogen) atoms. The molecule has 5 rings (SSSR count). The molecule has 5 aliphatic rings. The first-order chi connectivity index (χ1) is 12.9. The number of allylic oxidation sites excluding steroid dienone is 1. The Kier molecular flexibility index (Phi) is 3.78. The van der Waals surface area contributed by atoms with Crippen LogP contribution in [0.5, 0.6) is 0 Å². The van der Waals surface area contributed by atoms with Crippen molar-refractivity contribution in [2.45, 2.75) is 96.7 Å². The highest BCUT2D eigenvalue weighted by Crippen LogP contribution is 2.70. The minimum atomic E-state index is -0.614. The number of hydrogen-bond donors (Lipinski definition) is 1. The van der Waals surface area contributed by atoms with E-state index in [1.165, 1.54) is 0 Å². The summed E-state index contributed by atoms with van der Waals surface area (Å²) < 4.78 is 13.0. The Morgan fingerprint density at radius 2 is 1.61 bits per heavy atom. The van der Waals surface area contributed by atoms with Gasteiger partial charge in [0.15, 0.2) is 11.6 Å². The summed E-state index contributed by atoms with van der Waals surface area (Å²) in [5.74, 6) is 1.10. The normalized spacial score (nSPS) is 57.4. The lowest BCUT2D eigenvalue weighted by molar-refractivity contribution is -0.191. The molecule has 9 atom stereocenters. The van der Waals surface area contributed by atoms with Crippen molar-refractivity contribution in [1.82, 2.24) is 0 Å². The predicted octanol–water partition coefficient (Wildman–Crippen LogP) is 4.26. The van der Waals surface area contributed by atoms with Gasteiger partial charge in [0, 0.05) is 12.3 Å². The molecule has 5 fully saturated rings. The number of ketones is 1. The molecular weight excluding hydrogens is 352 g/mol. The van der Waals surface area contributed by atoms with Gasteiger partial charge in [-0.2, -0.15) is 0 Å². The SMILES string of the molecule is C=C1C[C@@]2(C)[C@H](CC1=O)[C@H]1OC(C)(C)O[C@@H]1[C@@H]1[C@@H]2CC[C@@]2(C)[C@H]1CC[C@]2(C)O. The molecule has 0 bridgehead atoms. The van der Waals surface area contributed by atoms with E-state index < -0.39 is 11.4 Å². The molecule has 0 radical (unpaired) electrons. The third-order valence-electron chi connectivity index (χ3n) is 9.92. The highest BCUT2D eigenvalue weighted by molar-refractivity contribution is 5.96. The van der Waals surface area contributed by atoms with Gasteiger partial charge < -0.3 is 14.6 Å². The molecule has 1 aliphatic heterocycles. The van der Waals surface area contributed by atoms with Crippen LogP contribution in [-0.2, 0) is 14.3 Å². The maximum Gasteiger partial charge on any atom is 0.163 e. The van der Waals surface area contributed by atoms with Crippen molar-refractivity contribution in [2.24, 2.45) is 34.5 Å². The standard InChI is InChI=1S/C24H36O4/c1-13-12-22(4)14-7-9-23(5)15(8-10-24(23,6)26)18(14)20-19(16(22)11-17(13)25)27-21(2,3)28-20/h14-16,18-20,26H,1,7-12H2,2-6H3/t14-,15-,16+,18+,19+,20+,22+,23-,24-/m0/s1. The summed E-state index contributed by atoms with van der Waals surface area (Å²) in [6.07, 6.45) is 5.37. The number of aliphatic hydroxyl groups is 1. The molecule has 0 aromatic heterocycles. The van der Waals surface area contributed by atoms with Gasteiger partial charge >= 0.3 is 0 Å². The number of carbonyl (C=O) groups excluding carboxylic acids is 1. The average Bonchev–Trinajstić information content (AvgIpc) is 3.03. The van der Waals surface area contributed by atoms with Crippen molar-refractivity contribution in [2.75, 3.05) is 0 Å². The minimum absolute atomic E-state index is 0.0239. The summed E-state index contributed by atoms with van der Waals surface area (Å²) in [7, 11) is 0. The zero-order valence-corrected chi connectivity index (χ0v) is 18.1. The first kappa shape index (κ1) is 19.3. The summed E-state index contributed by atoms with van der Waals surface area (Å²) in [6.45, 7) is 14.9. The molecular formula is C24H36O4. The van der Waals surface area contributed by atoms with Gasteiger partial charge in [-0.3, -0.25) is 4.79 Å². The van der Waals surface area contributed by atoms with Gasteiger partial charge in [0.05, 0.1) is 17.8 Å². The molecule has 0 unspecified atom stereocenters. The Morgan fingerprint density at radius 3 is 2.32 bits per heavy atom. The molecule has 1 saturated heterocycles. The van der Waals surface area contributed by atoms with Crippen LogP contribution in [0.15, 0.2) is 12.2 Å². The van der Waals surface area contributed by atoms with Gasteiger partial charge in [-0.05, 0) is 87.0 Å². The molecule has 0 aromatic carbocycles. The molecule has 4 nitrogen and oxygen atoms in total. The van der Waals surface area contributed by atoms with Crippen LogP contribution in [0, 0.1) is 34.5 Å². The zero-order valence-electron chi connectivity index (χ0n) is 18.1. The number of rotatable bonds is 0. The molecule has 4 saturated carbocycles. The van der Waals surface area contributed by atoms with Gasteiger partial charge in [-0.1, -0.05) is 20.4 Å². The maximum absolute atomic E-state index is 12.6. The van der Waals surface area contributed by atoms with Crippen molar-refractivity contribution >= 4 is 5.78 Å². The van der Waals surface area contributed by atoms with E-state index in [0.29, 0.717) is 24.2 Å². The number of hydrogen-bond acceptors (Lipinski definition) is 4. The molecule has 0 spiro atoms. The van der Waals surface area contributed by atoms with Gasteiger partial charge in [0.25, 0.3) is 0 Å². The largest absolute Gasteiger partial charge is 0.390 e. The average molecular weight is 389 g/mol. The van der Waals surface area contributed by atoms with Gasteiger partial charge in [0.1, 0.15) is 0 Å². The number of fused-ring (bicyclic) bond motifs is 8. The lowest BCUT2D eigenvalue weighted by atomic mass is 9.43. The van der Waals surface area contributed by atoms with E-state index in [1.54, 1.807) is 0 Å². The van der Waals surface area contributed by atoms with Gasteiger partial charge in [-0.15, -0.1) is 0 Å². The van der Waals surface area contributed by atoms with E-state index in [2.05, 4.69) is 20.4 Å². The Labute approximate surface area is 169 Å². The minimum Gasteiger partial charge on any atom is -0.390 e. The van der Waals surface area contributed by atoms with Gasteiger partial charge in [0.2, 0.25) is 0 Å². The fourth-order valence-corrected chi connectivity index (χ4v) is 8.26. The van der Waals surface area contributed by atoms with Gasteiger partial charge in [-0.25, -0.2) is 0 Å². The second kappa shape index (κ2) is 5.50. The number of ether oxygens (including phenoxy) is 2. The third kappa shape index (κ3) is 2.26. The molecule has 4 aliphatic carbocycles. The molecule has 156 valence electrons. The number of carbonyl (C=O) groups is 1. The Hall–Kier alpha value is -0.710.